The van der Waals surface area contributed by atoms with Crippen molar-refractivity contribution in [3.63, 3.8) is 0 Å². The second kappa shape index (κ2) is 8.25. The monoisotopic (exact) mass is 386 g/mol. The summed E-state index contributed by atoms with van der Waals surface area (Å²) in [6.07, 6.45) is 2.63. The van der Waals surface area contributed by atoms with Gasteiger partial charge in [0.2, 0.25) is 11.5 Å². The fourth-order valence-electron chi connectivity index (χ4n) is 2.25. The topological polar surface area (TPSA) is 151 Å². The molecule has 0 heterocycles. The number of phenols is 2. The van der Waals surface area contributed by atoms with Gasteiger partial charge in [-0.15, -0.1) is 0 Å². The fraction of sp³-hybridized carbons (Fsp3) is 0.222. The number of aromatic hydroxyl groups is 2. The molecule has 0 bridgehead atoms. The van der Waals surface area contributed by atoms with E-state index in [4.69, 9.17) is 0 Å². The van der Waals surface area contributed by atoms with E-state index in [0.29, 0.717) is 0 Å². The summed E-state index contributed by atoms with van der Waals surface area (Å²) in [4.78, 5) is 28.8. The molecule has 0 aliphatic heterocycles. The van der Waals surface area contributed by atoms with Crippen molar-refractivity contribution in [2.45, 2.75) is 19.4 Å². The van der Waals surface area contributed by atoms with Crippen LogP contribution in [0.1, 0.15) is 25.0 Å². The van der Waals surface area contributed by atoms with Crippen molar-refractivity contribution in [1.29, 1.82) is 0 Å². The first-order valence-electron chi connectivity index (χ1n) is 8.10. The summed E-state index contributed by atoms with van der Waals surface area (Å²) in [7, 11) is 0. The van der Waals surface area contributed by atoms with Crippen LogP contribution in [0.2, 0.25) is 0 Å². The first-order valence-corrected chi connectivity index (χ1v) is 8.10. The number of para-hydroxylation sites is 2. The maximum absolute atomic E-state index is 10.9. The second-order valence-corrected chi connectivity index (χ2v) is 6.48. The number of benzene rings is 2. The Morgan fingerprint density at radius 3 is 1.86 bits per heavy atom. The van der Waals surface area contributed by atoms with Gasteiger partial charge < -0.3 is 10.2 Å². The van der Waals surface area contributed by atoms with E-state index in [-0.39, 0.29) is 17.7 Å². The minimum Gasteiger partial charge on any atom is -0.502 e. The molecule has 0 aromatic heterocycles. The van der Waals surface area contributed by atoms with E-state index in [2.05, 4.69) is 9.98 Å². The molecular formula is C18H18N4O6. The lowest BCUT2D eigenvalue weighted by atomic mass is 10.1. The summed E-state index contributed by atoms with van der Waals surface area (Å²) in [5.41, 5.74) is -1.17. The minimum absolute atomic E-state index is 0.168. The molecule has 2 aromatic rings. The maximum Gasteiger partial charge on any atom is 0.311 e. The van der Waals surface area contributed by atoms with Gasteiger partial charge in [0.05, 0.1) is 21.9 Å². The zero-order valence-electron chi connectivity index (χ0n) is 15.1. The van der Waals surface area contributed by atoms with E-state index in [1.165, 1.54) is 48.8 Å². The van der Waals surface area contributed by atoms with E-state index in [1.54, 1.807) is 13.8 Å². The lowest BCUT2D eigenvalue weighted by Crippen LogP contribution is -2.21. The molecule has 2 aromatic carbocycles. The van der Waals surface area contributed by atoms with Crippen molar-refractivity contribution in [2.75, 3.05) is 6.54 Å². The van der Waals surface area contributed by atoms with Crippen LogP contribution >= 0.6 is 0 Å². The predicted octanol–water partition coefficient (Wildman–Crippen LogP) is 3.23. The van der Waals surface area contributed by atoms with Gasteiger partial charge in [-0.3, -0.25) is 30.2 Å². The van der Waals surface area contributed by atoms with Gasteiger partial charge in [-0.1, -0.05) is 12.1 Å². The van der Waals surface area contributed by atoms with Crippen LogP contribution in [-0.4, -0.2) is 44.6 Å². The Labute approximate surface area is 159 Å². The first-order chi connectivity index (χ1) is 13.1. The van der Waals surface area contributed by atoms with Gasteiger partial charge in [0.1, 0.15) is 0 Å². The van der Waals surface area contributed by atoms with Crippen molar-refractivity contribution in [2.24, 2.45) is 9.98 Å². The number of phenolic OH excluding ortho intramolecular Hbond substituents is 2. The average Bonchev–Trinajstić information content (AvgIpc) is 2.61. The highest BCUT2D eigenvalue weighted by Crippen LogP contribution is 2.29. The Hall–Kier alpha value is -3.82. The normalized spacial score (nSPS) is 11.9. The lowest BCUT2D eigenvalue weighted by molar-refractivity contribution is -0.386. The van der Waals surface area contributed by atoms with E-state index >= 15 is 0 Å². The van der Waals surface area contributed by atoms with Gasteiger partial charge in [-0.05, 0) is 26.0 Å². The van der Waals surface area contributed by atoms with Crippen LogP contribution in [0.3, 0.4) is 0 Å². The van der Waals surface area contributed by atoms with Crippen LogP contribution in [0, 0.1) is 20.2 Å². The number of aliphatic imine (C=N–C) groups is 2. The molecule has 2 rings (SSSR count). The molecule has 0 atom stereocenters. The number of rotatable bonds is 7. The Morgan fingerprint density at radius 2 is 1.39 bits per heavy atom. The van der Waals surface area contributed by atoms with Crippen LogP contribution in [0.15, 0.2) is 46.4 Å². The molecule has 0 saturated carbocycles. The number of hydrogen-bond acceptors (Lipinski definition) is 8. The van der Waals surface area contributed by atoms with Crippen molar-refractivity contribution in [1.82, 2.24) is 0 Å². The van der Waals surface area contributed by atoms with Crippen molar-refractivity contribution in [3.8, 4) is 11.5 Å². The fourth-order valence-corrected chi connectivity index (χ4v) is 2.25. The van der Waals surface area contributed by atoms with Gasteiger partial charge in [0, 0.05) is 35.7 Å². The highest BCUT2D eigenvalue weighted by atomic mass is 16.6. The molecule has 0 fully saturated rings. The van der Waals surface area contributed by atoms with Crippen LogP contribution in [0.4, 0.5) is 11.4 Å². The van der Waals surface area contributed by atoms with E-state index in [1.807, 2.05) is 0 Å². The van der Waals surface area contributed by atoms with Crippen LogP contribution in [0.5, 0.6) is 11.5 Å². The molecule has 146 valence electrons. The standard InChI is InChI=1S/C18H18N4O6/c1-18(2,20-10-13-6-4-8-15(17(13)24)22(27)28)11-19-9-12-5-3-7-14(16(12)23)21(25)26/h3-10,23-24H,11H2,1-2H3. The summed E-state index contributed by atoms with van der Waals surface area (Å²) >= 11 is 0. The number of nitrogens with zero attached hydrogens (tertiary/aromatic N) is 4. The van der Waals surface area contributed by atoms with Gasteiger partial charge in [-0.2, -0.15) is 0 Å². The van der Waals surface area contributed by atoms with Crippen molar-refractivity contribution in [3.05, 3.63) is 67.8 Å². The van der Waals surface area contributed by atoms with Crippen LogP contribution in [0.25, 0.3) is 0 Å². The Morgan fingerprint density at radius 1 is 0.929 bits per heavy atom. The second-order valence-electron chi connectivity index (χ2n) is 6.48. The molecule has 0 spiro atoms. The quantitative estimate of drug-likeness (QED) is 0.423. The minimum atomic E-state index is -0.732. The molecular weight excluding hydrogens is 368 g/mol. The van der Waals surface area contributed by atoms with E-state index < -0.39 is 38.3 Å². The summed E-state index contributed by atoms with van der Waals surface area (Å²) in [5, 5.41) is 41.5. The third kappa shape index (κ3) is 4.87. The molecule has 10 nitrogen and oxygen atoms in total. The first kappa shape index (κ1) is 20.5. The third-order valence-electron chi connectivity index (χ3n) is 3.75. The molecule has 0 amide bonds. The van der Waals surface area contributed by atoms with E-state index in [0.717, 1.165) is 0 Å². The molecule has 0 saturated heterocycles. The molecule has 0 unspecified atom stereocenters. The third-order valence-corrected chi connectivity index (χ3v) is 3.75. The van der Waals surface area contributed by atoms with Gasteiger partial charge in [0.25, 0.3) is 0 Å². The highest BCUT2D eigenvalue weighted by molar-refractivity contribution is 5.86. The van der Waals surface area contributed by atoms with Crippen LogP contribution in [-0.2, 0) is 0 Å². The smallest absolute Gasteiger partial charge is 0.311 e. The SMILES string of the molecule is CC(C)(CN=Cc1cccc([N+](=O)[O-])c1O)N=Cc1cccc([N+](=O)[O-])c1O. The number of hydrogen-bond donors (Lipinski definition) is 2. The van der Waals surface area contributed by atoms with E-state index in [9.17, 15) is 30.4 Å². The zero-order chi connectivity index (χ0) is 20.9. The Balaban J connectivity index is 2.15. The van der Waals surface area contributed by atoms with Crippen LogP contribution < -0.4 is 0 Å². The molecule has 28 heavy (non-hydrogen) atoms. The molecule has 10 heteroatoms. The number of nitro benzene ring substituents is 2. The lowest BCUT2D eigenvalue weighted by Gasteiger charge is -2.16. The summed E-state index contributed by atoms with van der Waals surface area (Å²) in [6.45, 7) is 3.67. The summed E-state index contributed by atoms with van der Waals surface area (Å²) < 4.78 is 0. The Bertz CT molecular complexity index is 969. The molecule has 0 aliphatic rings. The van der Waals surface area contributed by atoms with Gasteiger partial charge in [-0.25, -0.2) is 0 Å². The molecule has 0 radical (unpaired) electrons. The summed E-state index contributed by atoms with van der Waals surface area (Å²) in [6, 6.07) is 8.23. The largest absolute Gasteiger partial charge is 0.502 e. The van der Waals surface area contributed by atoms with Gasteiger partial charge >= 0.3 is 11.4 Å². The Kier molecular flexibility index (Phi) is 6.04. The highest BCUT2D eigenvalue weighted by Gasteiger charge is 2.19. The molecule has 0 aliphatic carbocycles. The number of nitro groups is 2. The predicted molar refractivity (Wildman–Crippen MR) is 104 cm³/mol. The summed E-state index contributed by atoms with van der Waals surface area (Å²) in [5.74, 6) is -0.948. The molecule has 2 N–H and O–H groups in total. The van der Waals surface area contributed by atoms with Crippen molar-refractivity contribution >= 4 is 23.8 Å². The zero-order valence-corrected chi connectivity index (χ0v) is 15.1. The maximum atomic E-state index is 10.9. The average molecular weight is 386 g/mol. The van der Waals surface area contributed by atoms with Crippen molar-refractivity contribution < 1.29 is 20.1 Å². The van der Waals surface area contributed by atoms with Gasteiger partial charge in [0.15, 0.2) is 0 Å².